The van der Waals surface area contributed by atoms with Crippen LogP contribution in [0.2, 0.25) is 0 Å². The lowest BCUT2D eigenvalue weighted by Crippen LogP contribution is -2.46. The number of carbonyl (C=O) groups excluding carboxylic acids is 5. The molecule has 9 nitrogen and oxygen atoms in total. The molecule has 0 atom stereocenters. The number of carbonyl (C=O) groups is 5. The number of imide groups is 3. The van der Waals surface area contributed by atoms with E-state index in [9.17, 15) is 24.0 Å². The molecular formula is C16H16N4O5. The monoisotopic (exact) mass is 344 g/mol. The van der Waals surface area contributed by atoms with Crippen molar-refractivity contribution in [2.75, 3.05) is 6.54 Å². The van der Waals surface area contributed by atoms with Gasteiger partial charge in [0.2, 0.25) is 5.91 Å². The van der Waals surface area contributed by atoms with Gasteiger partial charge in [0.15, 0.2) is 0 Å². The summed E-state index contributed by atoms with van der Waals surface area (Å²) in [4.78, 5) is 60.9. The maximum Gasteiger partial charge on any atom is 0.335 e. The SMILES string of the molecule is O=C(CN1C(=O)C(=O)N(Cc2ccccc2)C1=O)NC(=O)NC1CC1. The van der Waals surface area contributed by atoms with E-state index in [1.807, 2.05) is 5.32 Å². The normalized spacial score (nSPS) is 17.0. The van der Waals surface area contributed by atoms with Crippen molar-refractivity contribution in [3.63, 3.8) is 0 Å². The van der Waals surface area contributed by atoms with E-state index in [0.29, 0.717) is 10.5 Å². The Labute approximate surface area is 142 Å². The third-order valence-electron chi connectivity index (χ3n) is 3.79. The van der Waals surface area contributed by atoms with E-state index in [0.717, 1.165) is 17.7 Å². The highest BCUT2D eigenvalue weighted by Crippen LogP contribution is 2.18. The van der Waals surface area contributed by atoms with Crippen LogP contribution in [0.3, 0.4) is 0 Å². The number of amides is 7. The molecule has 1 heterocycles. The molecule has 1 aromatic carbocycles. The van der Waals surface area contributed by atoms with Gasteiger partial charge in [0.05, 0.1) is 6.54 Å². The number of urea groups is 2. The highest BCUT2D eigenvalue weighted by Gasteiger charge is 2.45. The zero-order valence-electron chi connectivity index (χ0n) is 13.2. The van der Waals surface area contributed by atoms with Gasteiger partial charge >= 0.3 is 23.9 Å². The average molecular weight is 344 g/mol. The molecule has 1 aliphatic carbocycles. The predicted octanol–water partition coefficient (Wildman–Crippen LogP) is -0.0344. The summed E-state index contributed by atoms with van der Waals surface area (Å²) in [7, 11) is 0. The fraction of sp³-hybridized carbons (Fsp3) is 0.312. The second-order valence-corrected chi connectivity index (χ2v) is 5.85. The summed E-state index contributed by atoms with van der Waals surface area (Å²) in [5, 5.41) is 4.58. The highest BCUT2D eigenvalue weighted by atomic mass is 16.2. The van der Waals surface area contributed by atoms with Crippen LogP contribution in [0.5, 0.6) is 0 Å². The molecule has 7 amide bonds. The molecule has 25 heavy (non-hydrogen) atoms. The number of nitrogens with zero attached hydrogens (tertiary/aromatic N) is 2. The van der Waals surface area contributed by atoms with Crippen LogP contribution in [0.25, 0.3) is 0 Å². The highest BCUT2D eigenvalue weighted by molar-refractivity contribution is 6.45. The Morgan fingerprint density at radius 3 is 2.28 bits per heavy atom. The number of hydrogen-bond donors (Lipinski definition) is 2. The van der Waals surface area contributed by atoms with Crippen molar-refractivity contribution in [1.82, 2.24) is 20.4 Å². The van der Waals surface area contributed by atoms with Gasteiger partial charge in [-0.05, 0) is 18.4 Å². The second kappa shape index (κ2) is 6.71. The number of nitrogens with one attached hydrogen (secondary N) is 2. The molecular weight excluding hydrogens is 328 g/mol. The van der Waals surface area contributed by atoms with Crippen LogP contribution in [0, 0.1) is 0 Å². The quantitative estimate of drug-likeness (QED) is 0.575. The van der Waals surface area contributed by atoms with Crippen molar-refractivity contribution in [1.29, 1.82) is 0 Å². The minimum absolute atomic E-state index is 0.0609. The molecule has 0 bridgehead atoms. The Hall–Kier alpha value is -3.23. The van der Waals surface area contributed by atoms with Gasteiger partial charge in [-0.25, -0.2) is 14.5 Å². The van der Waals surface area contributed by atoms with Gasteiger partial charge in [-0.1, -0.05) is 30.3 Å². The van der Waals surface area contributed by atoms with Crippen molar-refractivity contribution in [3.05, 3.63) is 35.9 Å². The lowest BCUT2D eigenvalue weighted by atomic mass is 10.2. The van der Waals surface area contributed by atoms with E-state index in [2.05, 4.69) is 5.32 Å². The Bertz CT molecular complexity index is 744. The molecule has 2 fully saturated rings. The molecule has 130 valence electrons. The topological polar surface area (TPSA) is 116 Å². The van der Waals surface area contributed by atoms with Crippen LogP contribution in [0.1, 0.15) is 18.4 Å². The summed E-state index contributed by atoms with van der Waals surface area (Å²) in [6.07, 6.45) is 1.71. The molecule has 0 unspecified atom stereocenters. The van der Waals surface area contributed by atoms with E-state index in [-0.39, 0.29) is 12.6 Å². The molecule has 1 saturated heterocycles. The Balaban J connectivity index is 1.60. The summed E-state index contributed by atoms with van der Waals surface area (Å²) in [5.41, 5.74) is 0.673. The molecule has 2 N–H and O–H groups in total. The van der Waals surface area contributed by atoms with E-state index < -0.39 is 36.3 Å². The zero-order valence-corrected chi connectivity index (χ0v) is 13.2. The van der Waals surface area contributed by atoms with E-state index in [4.69, 9.17) is 0 Å². The molecule has 0 radical (unpaired) electrons. The van der Waals surface area contributed by atoms with E-state index >= 15 is 0 Å². The zero-order chi connectivity index (χ0) is 18.0. The lowest BCUT2D eigenvalue weighted by molar-refractivity contribution is -0.144. The van der Waals surface area contributed by atoms with Gasteiger partial charge in [-0.3, -0.25) is 24.6 Å². The van der Waals surface area contributed by atoms with Crippen LogP contribution in [0.4, 0.5) is 9.59 Å². The van der Waals surface area contributed by atoms with Crippen LogP contribution in [-0.4, -0.2) is 52.2 Å². The van der Waals surface area contributed by atoms with Gasteiger partial charge < -0.3 is 5.32 Å². The molecule has 1 aromatic rings. The van der Waals surface area contributed by atoms with E-state index in [1.165, 1.54) is 0 Å². The fourth-order valence-corrected chi connectivity index (χ4v) is 2.35. The number of rotatable bonds is 5. The summed E-state index contributed by atoms with van der Waals surface area (Å²) in [5.74, 6) is -2.92. The first-order chi connectivity index (χ1) is 12.0. The number of benzene rings is 1. The van der Waals surface area contributed by atoms with Crippen molar-refractivity contribution in [2.24, 2.45) is 0 Å². The van der Waals surface area contributed by atoms with Crippen molar-refractivity contribution in [2.45, 2.75) is 25.4 Å². The molecule has 9 heteroatoms. The number of hydrogen-bond acceptors (Lipinski definition) is 5. The third kappa shape index (κ3) is 3.82. The van der Waals surface area contributed by atoms with Crippen molar-refractivity contribution >= 4 is 29.8 Å². The Morgan fingerprint density at radius 1 is 1.00 bits per heavy atom. The Morgan fingerprint density at radius 2 is 1.64 bits per heavy atom. The van der Waals surface area contributed by atoms with E-state index in [1.54, 1.807) is 30.3 Å². The Kier molecular flexibility index (Phi) is 4.46. The minimum atomic E-state index is -1.08. The van der Waals surface area contributed by atoms with Crippen LogP contribution >= 0.6 is 0 Å². The van der Waals surface area contributed by atoms with Crippen molar-refractivity contribution in [3.8, 4) is 0 Å². The second-order valence-electron chi connectivity index (χ2n) is 5.85. The molecule has 0 spiro atoms. The van der Waals surface area contributed by atoms with Gasteiger partial charge in [-0.15, -0.1) is 0 Å². The smallest absolute Gasteiger partial charge is 0.335 e. The van der Waals surface area contributed by atoms with Gasteiger partial charge in [0.1, 0.15) is 6.54 Å². The minimum Gasteiger partial charge on any atom is -0.335 e. The summed E-state index contributed by atoms with van der Waals surface area (Å²) in [6.45, 7) is -0.753. The first-order valence-corrected chi connectivity index (χ1v) is 7.77. The summed E-state index contributed by atoms with van der Waals surface area (Å²) in [6, 6.07) is 7.19. The molecule has 2 aliphatic rings. The fourth-order valence-electron chi connectivity index (χ4n) is 2.35. The first-order valence-electron chi connectivity index (χ1n) is 7.77. The maximum absolute atomic E-state index is 12.3. The molecule has 1 saturated carbocycles. The third-order valence-corrected chi connectivity index (χ3v) is 3.79. The van der Waals surface area contributed by atoms with Crippen LogP contribution < -0.4 is 10.6 Å². The van der Waals surface area contributed by atoms with Crippen LogP contribution in [0.15, 0.2) is 30.3 Å². The largest absolute Gasteiger partial charge is 0.335 e. The molecule has 0 aromatic heterocycles. The first kappa shape index (κ1) is 16.6. The molecule has 1 aliphatic heterocycles. The molecule has 3 rings (SSSR count). The summed E-state index contributed by atoms with van der Waals surface area (Å²) >= 11 is 0. The average Bonchev–Trinajstić information content (AvgIpc) is 3.37. The lowest BCUT2D eigenvalue weighted by Gasteiger charge is -2.15. The van der Waals surface area contributed by atoms with Gasteiger partial charge in [-0.2, -0.15) is 0 Å². The van der Waals surface area contributed by atoms with Crippen LogP contribution in [-0.2, 0) is 20.9 Å². The van der Waals surface area contributed by atoms with Gasteiger partial charge in [0, 0.05) is 6.04 Å². The maximum atomic E-state index is 12.3. The predicted molar refractivity (Wildman–Crippen MR) is 83.8 cm³/mol. The summed E-state index contributed by atoms with van der Waals surface area (Å²) < 4.78 is 0. The van der Waals surface area contributed by atoms with Crippen molar-refractivity contribution < 1.29 is 24.0 Å². The standard InChI is InChI=1S/C16H16N4O5/c21-12(18-15(24)17-11-6-7-11)9-20-14(23)13(22)19(16(20)25)8-10-4-2-1-3-5-10/h1-5,11H,6-9H2,(H2,17,18,21,24). The van der Waals surface area contributed by atoms with Gasteiger partial charge in [0.25, 0.3) is 0 Å².